The predicted molar refractivity (Wildman–Crippen MR) is 96.5 cm³/mol. The fourth-order valence-corrected chi connectivity index (χ4v) is 2.80. The Morgan fingerprint density at radius 2 is 1.92 bits per heavy atom. The van der Waals surface area contributed by atoms with Gasteiger partial charge in [-0.3, -0.25) is 9.59 Å². The average Bonchev–Trinajstić information content (AvgIpc) is 3.18. The van der Waals surface area contributed by atoms with Crippen LogP contribution in [0.1, 0.15) is 15.2 Å². The fourth-order valence-electron chi connectivity index (χ4n) is 2.12. The number of nitriles is 1. The minimum absolute atomic E-state index is 0.0256. The first-order chi connectivity index (χ1) is 12.5. The summed E-state index contributed by atoms with van der Waals surface area (Å²) in [7, 11) is 2.84. The smallest absolute Gasteiger partial charge is 0.255 e. The molecule has 2 rings (SSSR count). The number of allylic oxidation sites excluding steroid dienone is 1. The molecule has 1 heterocycles. The minimum atomic E-state index is -0.647. The number of hydrogen-bond acceptors (Lipinski definition) is 7. The van der Waals surface area contributed by atoms with E-state index in [1.54, 1.807) is 29.6 Å². The van der Waals surface area contributed by atoms with E-state index >= 15 is 0 Å². The van der Waals surface area contributed by atoms with Crippen LogP contribution in [0.4, 0.5) is 0 Å². The molecule has 1 aromatic heterocycles. The number of amides is 1. The molecule has 0 aliphatic carbocycles. The zero-order valence-electron chi connectivity index (χ0n) is 14.1. The number of thiophene rings is 1. The number of nitrogens with two attached hydrogens (primary N) is 1. The number of ketones is 1. The molecule has 134 valence electrons. The number of ether oxygens (including phenoxy) is 3. The molecule has 0 atom stereocenters. The molecule has 8 heteroatoms. The van der Waals surface area contributed by atoms with E-state index in [4.69, 9.17) is 19.9 Å². The highest BCUT2D eigenvalue weighted by molar-refractivity contribution is 7.12. The van der Waals surface area contributed by atoms with Gasteiger partial charge in [0.25, 0.3) is 5.91 Å². The number of hydrogen-bond donors (Lipinski definition) is 1. The number of Topliss-reactive ketones (excluding diaryl/α,β-unsaturated/α-hetero) is 1. The van der Waals surface area contributed by atoms with Gasteiger partial charge in [-0.25, -0.2) is 0 Å². The Balaban J connectivity index is 2.44. The summed E-state index contributed by atoms with van der Waals surface area (Å²) in [4.78, 5) is 23.8. The van der Waals surface area contributed by atoms with Crippen molar-refractivity contribution in [2.45, 2.75) is 0 Å². The summed E-state index contributed by atoms with van der Waals surface area (Å²) in [5.41, 5.74) is 5.57. The summed E-state index contributed by atoms with van der Waals surface area (Å²) in [6, 6.07) is 8.44. The molecule has 0 saturated carbocycles. The largest absolute Gasteiger partial charge is 0.493 e. The SMILES string of the molecule is COc1cc(/C=C(\C#N)C(=O)c2cccs2)cc(OC)c1OCC(N)=O. The molecule has 0 fully saturated rings. The molecule has 0 radical (unpaired) electrons. The van der Waals surface area contributed by atoms with Crippen LogP contribution in [-0.4, -0.2) is 32.5 Å². The molecular weight excluding hydrogens is 356 g/mol. The number of nitrogens with zero attached hydrogens (tertiary/aromatic N) is 1. The van der Waals surface area contributed by atoms with E-state index in [1.807, 2.05) is 6.07 Å². The highest BCUT2D eigenvalue weighted by atomic mass is 32.1. The Morgan fingerprint density at radius 3 is 2.38 bits per heavy atom. The van der Waals surface area contributed by atoms with Crippen LogP contribution >= 0.6 is 11.3 Å². The maximum atomic E-state index is 12.4. The summed E-state index contributed by atoms with van der Waals surface area (Å²) in [6.45, 7) is -0.345. The van der Waals surface area contributed by atoms with Crippen molar-refractivity contribution < 1.29 is 23.8 Å². The minimum Gasteiger partial charge on any atom is -0.493 e. The van der Waals surface area contributed by atoms with Crippen LogP contribution in [0, 0.1) is 11.3 Å². The Kier molecular flexibility index (Phi) is 6.36. The lowest BCUT2D eigenvalue weighted by molar-refractivity contribution is -0.120. The molecule has 1 amide bonds. The topological polar surface area (TPSA) is 112 Å². The summed E-state index contributed by atoms with van der Waals surface area (Å²) in [5, 5.41) is 11.1. The third-order valence-corrected chi connectivity index (χ3v) is 4.13. The molecule has 26 heavy (non-hydrogen) atoms. The molecule has 1 aromatic carbocycles. The molecule has 0 aliphatic heterocycles. The number of primary amides is 1. The summed E-state index contributed by atoms with van der Waals surface area (Å²) < 4.78 is 15.8. The van der Waals surface area contributed by atoms with Crippen LogP contribution in [0.15, 0.2) is 35.2 Å². The number of rotatable bonds is 8. The summed E-state index contributed by atoms with van der Waals surface area (Å²) in [6.07, 6.45) is 1.44. The fraction of sp³-hybridized carbons (Fsp3) is 0.167. The predicted octanol–water partition coefficient (Wildman–Crippen LogP) is 2.42. The van der Waals surface area contributed by atoms with Crippen molar-refractivity contribution in [3.63, 3.8) is 0 Å². The lowest BCUT2D eigenvalue weighted by Crippen LogP contribution is -2.20. The quantitative estimate of drug-likeness (QED) is 0.433. The highest BCUT2D eigenvalue weighted by Crippen LogP contribution is 2.39. The lowest BCUT2D eigenvalue weighted by atomic mass is 10.1. The Hall–Kier alpha value is -3.31. The van der Waals surface area contributed by atoms with Gasteiger partial charge in [-0.15, -0.1) is 11.3 Å². The van der Waals surface area contributed by atoms with Crippen LogP contribution in [0.2, 0.25) is 0 Å². The number of benzene rings is 1. The monoisotopic (exact) mass is 372 g/mol. The average molecular weight is 372 g/mol. The van der Waals surface area contributed by atoms with Gasteiger partial charge >= 0.3 is 0 Å². The number of methoxy groups -OCH3 is 2. The Morgan fingerprint density at radius 1 is 1.27 bits per heavy atom. The summed E-state index contributed by atoms with van der Waals surface area (Å²) in [5.74, 6) is -0.259. The number of carbonyl (C=O) groups excluding carboxylic acids is 2. The molecule has 7 nitrogen and oxygen atoms in total. The van der Waals surface area contributed by atoms with E-state index in [9.17, 15) is 14.9 Å². The van der Waals surface area contributed by atoms with Crippen molar-refractivity contribution in [1.29, 1.82) is 5.26 Å². The first-order valence-electron chi connectivity index (χ1n) is 7.37. The Labute approximate surface area is 154 Å². The molecule has 0 bridgehead atoms. The van der Waals surface area contributed by atoms with Crippen LogP contribution in [-0.2, 0) is 4.79 Å². The molecule has 0 saturated heterocycles. The van der Waals surface area contributed by atoms with Crippen LogP contribution in [0.5, 0.6) is 17.2 Å². The van der Waals surface area contributed by atoms with Gasteiger partial charge in [0.2, 0.25) is 11.5 Å². The van der Waals surface area contributed by atoms with E-state index in [0.29, 0.717) is 10.4 Å². The maximum absolute atomic E-state index is 12.4. The lowest BCUT2D eigenvalue weighted by Gasteiger charge is -2.14. The van der Waals surface area contributed by atoms with E-state index in [-0.39, 0.29) is 35.2 Å². The second-order valence-corrected chi connectivity index (χ2v) is 5.93. The van der Waals surface area contributed by atoms with Gasteiger partial charge in [-0.1, -0.05) is 6.07 Å². The third-order valence-electron chi connectivity index (χ3n) is 3.26. The first kappa shape index (κ1) is 19.0. The van der Waals surface area contributed by atoms with E-state index in [1.165, 1.54) is 31.6 Å². The van der Waals surface area contributed by atoms with Crippen molar-refractivity contribution in [3.05, 3.63) is 45.7 Å². The molecule has 0 unspecified atom stereocenters. The molecule has 2 N–H and O–H groups in total. The van der Waals surface area contributed by atoms with Gasteiger partial charge in [0, 0.05) is 0 Å². The van der Waals surface area contributed by atoms with Gasteiger partial charge in [-0.05, 0) is 35.2 Å². The van der Waals surface area contributed by atoms with Crippen molar-refractivity contribution >= 4 is 29.1 Å². The number of carbonyl (C=O) groups is 2. The second kappa shape index (κ2) is 8.69. The van der Waals surface area contributed by atoms with Gasteiger partial charge in [0.05, 0.1) is 19.1 Å². The second-order valence-electron chi connectivity index (χ2n) is 4.99. The van der Waals surface area contributed by atoms with E-state index < -0.39 is 5.91 Å². The zero-order valence-corrected chi connectivity index (χ0v) is 15.0. The molecular formula is C18H16N2O5S. The van der Waals surface area contributed by atoms with Gasteiger partial charge in [0.15, 0.2) is 18.1 Å². The van der Waals surface area contributed by atoms with E-state index in [0.717, 1.165) is 0 Å². The van der Waals surface area contributed by atoms with E-state index in [2.05, 4.69) is 0 Å². The third kappa shape index (κ3) is 4.40. The Bertz CT molecular complexity index is 856. The van der Waals surface area contributed by atoms with Gasteiger partial charge in [-0.2, -0.15) is 5.26 Å². The van der Waals surface area contributed by atoms with Crippen LogP contribution in [0.3, 0.4) is 0 Å². The van der Waals surface area contributed by atoms with Crippen LogP contribution in [0.25, 0.3) is 6.08 Å². The van der Waals surface area contributed by atoms with Crippen molar-refractivity contribution in [2.75, 3.05) is 20.8 Å². The normalized spacial score (nSPS) is 10.7. The first-order valence-corrected chi connectivity index (χ1v) is 8.25. The molecule has 0 spiro atoms. The zero-order chi connectivity index (χ0) is 19.1. The van der Waals surface area contributed by atoms with Gasteiger partial charge < -0.3 is 19.9 Å². The van der Waals surface area contributed by atoms with Crippen LogP contribution < -0.4 is 19.9 Å². The van der Waals surface area contributed by atoms with Crippen molar-refractivity contribution in [2.24, 2.45) is 5.73 Å². The maximum Gasteiger partial charge on any atom is 0.255 e. The highest BCUT2D eigenvalue weighted by Gasteiger charge is 2.17. The summed E-state index contributed by atoms with van der Waals surface area (Å²) >= 11 is 1.26. The van der Waals surface area contributed by atoms with Gasteiger partial charge in [0.1, 0.15) is 11.6 Å². The molecule has 0 aliphatic rings. The molecule has 2 aromatic rings. The standard InChI is InChI=1S/C18H16N2O5S/c1-23-13-7-11(8-14(24-2)18(13)25-10-16(20)21)6-12(9-19)17(22)15-4-3-5-26-15/h3-8H,10H2,1-2H3,(H2,20,21)/b12-6+. The van der Waals surface area contributed by atoms with Crippen molar-refractivity contribution in [3.8, 4) is 23.3 Å². The van der Waals surface area contributed by atoms with Crippen molar-refractivity contribution in [1.82, 2.24) is 0 Å².